The van der Waals surface area contributed by atoms with E-state index in [1.165, 1.54) is 21.3 Å². The quantitative estimate of drug-likeness (QED) is 0.0459. The van der Waals surface area contributed by atoms with Gasteiger partial charge in [0.1, 0.15) is 38.3 Å². The number of methoxy groups -OCH3 is 2. The monoisotopic (exact) mass is 1030 g/mol. The van der Waals surface area contributed by atoms with Gasteiger partial charge in [0.2, 0.25) is 11.9 Å². The van der Waals surface area contributed by atoms with Crippen molar-refractivity contribution in [2.45, 2.75) is 14.7 Å². The van der Waals surface area contributed by atoms with Gasteiger partial charge in [0.25, 0.3) is 30.4 Å². The minimum absolute atomic E-state index is 0.00549. The van der Waals surface area contributed by atoms with Crippen LogP contribution in [0.2, 0.25) is 0 Å². The molecule has 0 fully saturated rings. The van der Waals surface area contributed by atoms with Crippen molar-refractivity contribution in [1.29, 1.82) is 0 Å². The average molecular weight is 1030 g/mol. The Kier molecular flexibility index (Phi) is 14.8. The molecule has 0 bridgehead atoms. The second kappa shape index (κ2) is 19.2. The number of benzene rings is 4. The lowest BCUT2D eigenvalue weighted by Crippen LogP contribution is -2.29. The summed E-state index contributed by atoms with van der Waals surface area (Å²) in [6, 6.07) is 7.11. The average Bonchev–Trinajstić information content (AvgIpc) is 3.19. The van der Waals surface area contributed by atoms with E-state index in [-0.39, 0.29) is 22.9 Å². The normalized spacial score (nSPS) is 12.8. The first kappa shape index (κ1) is 50.6. The van der Waals surface area contributed by atoms with Crippen LogP contribution in [-0.2, 0) is 54.8 Å². The van der Waals surface area contributed by atoms with Gasteiger partial charge in [-0.1, -0.05) is 0 Å². The number of fused-ring (bicyclic) bond motifs is 1. The van der Waals surface area contributed by atoms with Crippen LogP contribution < -0.4 is 19.7 Å². The number of aromatic hydroxyl groups is 2. The molecule has 0 saturated carbocycles. The lowest BCUT2D eigenvalue weighted by Gasteiger charge is -2.18. The Morgan fingerprint density at radius 1 is 0.697 bits per heavy atom. The van der Waals surface area contributed by atoms with Crippen molar-refractivity contribution >= 4 is 102 Å². The third-order valence-electron chi connectivity index (χ3n) is 8.52. The van der Waals surface area contributed by atoms with Crippen molar-refractivity contribution in [2.75, 3.05) is 56.1 Å². The predicted octanol–water partition coefficient (Wildman–Crippen LogP) is 3.58. The number of azo groups is 2. The summed E-state index contributed by atoms with van der Waals surface area (Å²) in [5.41, 5.74) is -2.85. The molecule has 0 aliphatic rings. The van der Waals surface area contributed by atoms with E-state index in [4.69, 9.17) is 14.0 Å². The molecular formula is C32H32FN9O19S5. The van der Waals surface area contributed by atoms with Crippen molar-refractivity contribution in [3.8, 4) is 23.0 Å². The fourth-order valence-electron chi connectivity index (χ4n) is 5.47. The van der Waals surface area contributed by atoms with Crippen LogP contribution in [0.3, 0.4) is 0 Å². The van der Waals surface area contributed by atoms with Gasteiger partial charge < -0.3 is 29.9 Å². The second-order valence-electron chi connectivity index (χ2n) is 13.0. The fourth-order valence-corrected chi connectivity index (χ4v) is 8.95. The van der Waals surface area contributed by atoms with Crippen LogP contribution in [0.25, 0.3) is 10.8 Å². The van der Waals surface area contributed by atoms with Crippen LogP contribution in [0, 0.1) is 6.08 Å². The third-order valence-corrected chi connectivity index (χ3v) is 13.2. The number of sulfone groups is 1. The molecule has 356 valence electrons. The van der Waals surface area contributed by atoms with Crippen LogP contribution in [-0.4, -0.2) is 131 Å². The van der Waals surface area contributed by atoms with Crippen LogP contribution in [0.4, 0.5) is 44.7 Å². The van der Waals surface area contributed by atoms with E-state index in [0.29, 0.717) is 6.07 Å². The van der Waals surface area contributed by atoms with Crippen molar-refractivity contribution < 1.29 is 88.6 Å². The van der Waals surface area contributed by atoms with Crippen LogP contribution >= 0.6 is 0 Å². The molecule has 0 saturated heterocycles. The van der Waals surface area contributed by atoms with Crippen molar-refractivity contribution in [3.63, 3.8) is 0 Å². The van der Waals surface area contributed by atoms with Gasteiger partial charge in [-0.3, -0.25) is 18.2 Å². The number of phenolic OH excluding ortho intramolecular Hbond substituents is 2. The Labute approximate surface area is 372 Å². The third kappa shape index (κ3) is 12.5. The number of nitrogens with one attached hydrogen (secondary N) is 1. The van der Waals surface area contributed by atoms with E-state index in [2.05, 4.69) is 44.9 Å². The molecule has 5 aromatic rings. The Balaban J connectivity index is 1.58. The molecule has 1 heterocycles. The molecule has 0 aliphatic heterocycles. The standard InChI is InChI=1S/C32H32FN9O19S5/c1-42(8-10-62(45,46)11-9-61-66(56,57)58)32-36-30(33)35-31(37-32)34-19-6-5-17-18(29(19)65(53,54)55)13-26(64(50,51)52)27(28(17)44)41-39-21-15-25(60-3)24(59-2)14-20(21)38-40-22-12-16(63(47,48)49)4-7-23(22)43/h4-7,12-15,43-44H,8-11H2,1-3H3,(H,47,48,49)(H,50,51,52)(H,53,54,55)(H,56,57,58)(H,34,35,36,37). The first-order valence-corrected chi connectivity index (χ1v) is 24.9. The summed E-state index contributed by atoms with van der Waals surface area (Å²) in [6.07, 6.45) is -1.50. The Morgan fingerprint density at radius 3 is 1.86 bits per heavy atom. The minimum Gasteiger partial charge on any atom is -0.506 e. The molecule has 34 heteroatoms. The van der Waals surface area contributed by atoms with Gasteiger partial charge in [-0.2, -0.15) is 53.0 Å². The second-order valence-corrected chi connectivity index (χ2v) is 20.5. The van der Waals surface area contributed by atoms with E-state index >= 15 is 0 Å². The number of hydrogen-bond acceptors (Lipinski definition) is 24. The zero-order chi connectivity index (χ0) is 49.2. The molecular weight excluding hydrogens is 994 g/mol. The number of rotatable bonds is 19. The number of ether oxygens (including phenoxy) is 2. The lowest BCUT2D eigenvalue weighted by atomic mass is 10.1. The van der Waals surface area contributed by atoms with Gasteiger partial charge in [-0.15, -0.1) is 20.5 Å². The number of hydrogen-bond donors (Lipinski definition) is 7. The van der Waals surface area contributed by atoms with Gasteiger partial charge in [-0.25, -0.2) is 12.6 Å². The number of phenols is 2. The van der Waals surface area contributed by atoms with Gasteiger partial charge in [0.05, 0.1) is 42.9 Å². The van der Waals surface area contributed by atoms with Gasteiger partial charge >= 0.3 is 16.5 Å². The Hall–Kier alpha value is -6.37. The summed E-state index contributed by atoms with van der Waals surface area (Å²) in [4.78, 5) is 8.58. The van der Waals surface area contributed by atoms with E-state index in [9.17, 15) is 70.4 Å². The topological polar surface area (TPSA) is 423 Å². The van der Waals surface area contributed by atoms with Crippen molar-refractivity contribution in [1.82, 2.24) is 15.0 Å². The lowest BCUT2D eigenvalue weighted by molar-refractivity contribution is 0.284. The van der Waals surface area contributed by atoms with Gasteiger partial charge in [-0.05, 0) is 36.4 Å². The fraction of sp³-hybridized carbons (Fsp3) is 0.219. The molecule has 66 heavy (non-hydrogen) atoms. The maximum Gasteiger partial charge on any atom is 0.397 e. The maximum atomic E-state index is 14.7. The molecule has 7 N–H and O–H groups in total. The zero-order valence-corrected chi connectivity index (χ0v) is 37.5. The highest BCUT2D eigenvalue weighted by Crippen LogP contribution is 2.47. The molecule has 0 spiro atoms. The SMILES string of the molecule is COc1cc(N=Nc2cc(S(=O)(=O)O)ccc2O)c(N=Nc2c(S(=O)(=O)O)cc3c(S(=O)(=O)O)c(Nc4nc(F)nc(N(C)CCS(=O)(=O)CCOS(=O)(=O)O)n4)ccc3c2O)cc1OC. The molecule has 1 aromatic heterocycles. The molecule has 4 aromatic carbocycles. The van der Waals surface area contributed by atoms with E-state index < -0.39 is 147 Å². The minimum atomic E-state index is -5.51. The van der Waals surface area contributed by atoms with Crippen LogP contribution in [0.1, 0.15) is 0 Å². The Bertz CT molecular complexity index is 3380. The molecule has 0 unspecified atom stereocenters. The van der Waals surface area contributed by atoms with Crippen LogP contribution in [0.5, 0.6) is 23.0 Å². The van der Waals surface area contributed by atoms with Crippen molar-refractivity contribution in [3.05, 3.63) is 54.6 Å². The predicted molar refractivity (Wildman–Crippen MR) is 224 cm³/mol. The first-order valence-electron chi connectivity index (χ1n) is 17.4. The maximum absolute atomic E-state index is 14.7. The molecule has 5 rings (SSSR count). The summed E-state index contributed by atoms with van der Waals surface area (Å²) < 4.78 is 189. The zero-order valence-electron chi connectivity index (χ0n) is 33.4. The summed E-state index contributed by atoms with van der Waals surface area (Å²) in [6.45, 7) is -1.36. The molecule has 0 radical (unpaired) electrons. The smallest absolute Gasteiger partial charge is 0.397 e. The van der Waals surface area contributed by atoms with Gasteiger partial charge in [0.15, 0.2) is 27.1 Å². The Morgan fingerprint density at radius 2 is 1.30 bits per heavy atom. The highest BCUT2D eigenvalue weighted by Gasteiger charge is 2.29. The van der Waals surface area contributed by atoms with E-state index in [1.54, 1.807) is 0 Å². The first-order chi connectivity index (χ1) is 30.5. The highest BCUT2D eigenvalue weighted by atomic mass is 32.3. The van der Waals surface area contributed by atoms with Gasteiger partial charge in [0, 0.05) is 36.5 Å². The number of halogens is 1. The largest absolute Gasteiger partial charge is 0.506 e. The molecule has 0 amide bonds. The number of nitrogens with zero attached hydrogens (tertiary/aromatic N) is 8. The van der Waals surface area contributed by atoms with E-state index in [1.807, 2.05) is 0 Å². The molecule has 0 aliphatic carbocycles. The number of aromatic nitrogens is 3. The summed E-state index contributed by atoms with van der Waals surface area (Å²) in [7, 11) is -21.1. The van der Waals surface area contributed by atoms with E-state index in [0.717, 1.165) is 47.4 Å². The number of anilines is 3. The summed E-state index contributed by atoms with van der Waals surface area (Å²) >= 11 is 0. The highest BCUT2D eigenvalue weighted by molar-refractivity contribution is 7.91. The summed E-state index contributed by atoms with van der Waals surface area (Å²) in [5.74, 6) is -4.67. The van der Waals surface area contributed by atoms with Crippen molar-refractivity contribution in [2.24, 2.45) is 20.5 Å². The van der Waals surface area contributed by atoms with Crippen LogP contribution in [0.15, 0.2) is 83.7 Å². The molecule has 28 nitrogen and oxygen atoms in total. The summed E-state index contributed by atoms with van der Waals surface area (Å²) in [5, 5.41) is 38.0. The molecule has 0 atom stereocenters.